The van der Waals surface area contributed by atoms with Gasteiger partial charge in [-0.15, -0.1) is 0 Å². The van der Waals surface area contributed by atoms with Crippen molar-refractivity contribution >= 4 is 0 Å². The van der Waals surface area contributed by atoms with Crippen molar-refractivity contribution in [3.8, 4) is 0 Å². The Bertz CT molecular complexity index is 155. The lowest BCUT2D eigenvalue weighted by Crippen LogP contribution is -2.07. The van der Waals surface area contributed by atoms with Crippen LogP contribution in [-0.2, 0) is 0 Å². The summed E-state index contributed by atoms with van der Waals surface area (Å²) in [6, 6.07) is 0. The van der Waals surface area contributed by atoms with E-state index in [0.29, 0.717) is 0 Å². The Labute approximate surface area is 95.3 Å². The number of aliphatic hydroxyl groups is 1. The van der Waals surface area contributed by atoms with Crippen LogP contribution in [0.4, 0.5) is 0 Å². The van der Waals surface area contributed by atoms with Gasteiger partial charge in [0.1, 0.15) is 0 Å². The summed E-state index contributed by atoms with van der Waals surface area (Å²) in [5.74, 6) is 1.83. The fraction of sp³-hybridized carbons (Fsp3) is 1.00. The van der Waals surface area contributed by atoms with Crippen LogP contribution >= 0.6 is 0 Å². The number of hydrogen-bond donors (Lipinski definition) is 1. The van der Waals surface area contributed by atoms with Crippen LogP contribution in [0.15, 0.2) is 0 Å². The van der Waals surface area contributed by atoms with E-state index < -0.39 is 0 Å². The van der Waals surface area contributed by atoms with Crippen LogP contribution in [0.1, 0.15) is 71.6 Å². The predicted octanol–water partition coefficient (Wildman–Crippen LogP) is 4.14. The summed E-state index contributed by atoms with van der Waals surface area (Å²) in [6.07, 6.45) is 11.6. The van der Waals surface area contributed by atoms with Crippen molar-refractivity contribution in [3.63, 3.8) is 0 Å². The fourth-order valence-electron chi connectivity index (χ4n) is 2.59. The maximum atomic E-state index is 9.69. The highest BCUT2D eigenvalue weighted by Crippen LogP contribution is 2.45. The number of rotatable bonds is 9. The Hall–Kier alpha value is -0.0400. The van der Waals surface area contributed by atoms with Crippen LogP contribution < -0.4 is 0 Å². The molecule has 90 valence electrons. The van der Waals surface area contributed by atoms with Crippen molar-refractivity contribution in [2.24, 2.45) is 11.8 Å². The first-order valence-corrected chi connectivity index (χ1v) is 6.96. The van der Waals surface area contributed by atoms with E-state index in [2.05, 4.69) is 13.8 Å². The molecule has 3 unspecified atom stereocenters. The Morgan fingerprint density at radius 3 is 2.53 bits per heavy atom. The molecule has 0 amide bonds. The van der Waals surface area contributed by atoms with Crippen LogP contribution in [0.25, 0.3) is 0 Å². The molecule has 0 bridgehead atoms. The Balaban J connectivity index is 1.93. The summed E-state index contributed by atoms with van der Waals surface area (Å²) in [4.78, 5) is 0. The third kappa shape index (κ3) is 5.55. The third-order valence-corrected chi connectivity index (χ3v) is 3.69. The summed E-state index contributed by atoms with van der Waals surface area (Å²) in [5.41, 5.74) is 0. The standard InChI is InChI=1S/C14H28O/c1-3-5-6-7-9-12-10-13(12)11-14(15)8-4-2/h12-15H,3-11H2,1-2H3. The van der Waals surface area contributed by atoms with Gasteiger partial charge in [0.05, 0.1) is 6.10 Å². The highest BCUT2D eigenvalue weighted by Gasteiger charge is 2.36. The minimum absolute atomic E-state index is 0.0133. The summed E-state index contributed by atoms with van der Waals surface area (Å²) >= 11 is 0. The van der Waals surface area contributed by atoms with Crippen LogP contribution in [0.2, 0.25) is 0 Å². The predicted molar refractivity (Wildman–Crippen MR) is 65.9 cm³/mol. The van der Waals surface area contributed by atoms with Gasteiger partial charge in [-0.25, -0.2) is 0 Å². The fourth-order valence-corrected chi connectivity index (χ4v) is 2.59. The average Bonchev–Trinajstić information content (AvgIpc) is 2.92. The summed E-state index contributed by atoms with van der Waals surface area (Å²) in [7, 11) is 0. The van der Waals surface area contributed by atoms with Crippen LogP contribution in [-0.4, -0.2) is 11.2 Å². The first-order chi connectivity index (χ1) is 7.27. The maximum Gasteiger partial charge on any atom is 0.0542 e. The highest BCUT2D eigenvalue weighted by molar-refractivity contribution is 4.87. The second-order valence-electron chi connectivity index (χ2n) is 5.28. The minimum atomic E-state index is -0.0133. The van der Waals surface area contributed by atoms with E-state index in [1.165, 1.54) is 38.5 Å². The van der Waals surface area contributed by atoms with Gasteiger partial charge >= 0.3 is 0 Å². The van der Waals surface area contributed by atoms with Gasteiger partial charge in [-0.1, -0.05) is 52.4 Å². The molecule has 0 aromatic rings. The molecule has 0 aromatic carbocycles. The molecule has 1 heteroatoms. The maximum absolute atomic E-state index is 9.69. The molecule has 1 nitrogen and oxygen atoms in total. The van der Waals surface area contributed by atoms with E-state index >= 15 is 0 Å². The monoisotopic (exact) mass is 212 g/mol. The molecule has 1 aliphatic rings. The lowest BCUT2D eigenvalue weighted by molar-refractivity contribution is 0.144. The van der Waals surface area contributed by atoms with Crippen molar-refractivity contribution < 1.29 is 5.11 Å². The smallest absolute Gasteiger partial charge is 0.0542 e. The third-order valence-electron chi connectivity index (χ3n) is 3.69. The van der Waals surface area contributed by atoms with E-state index in [-0.39, 0.29) is 6.10 Å². The first-order valence-electron chi connectivity index (χ1n) is 6.96. The Morgan fingerprint density at radius 2 is 1.87 bits per heavy atom. The largest absolute Gasteiger partial charge is 0.393 e. The number of unbranched alkanes of at least 4 members (excludes halogenated alkanes) is 3. The van der Waals surface area contributed by atoms with Gasteiger partial charge in [0.25, 0.3) is 0 Å². The van der Waals surface area contributed by atoms with Crippen molar-refractivity contribution in [2.45, 2.75) is 77.7 Å². The molecule has 1 saturated carbocycles. The average molecular weight is 212 g/mol. The molecule has 1 rings (SSSR count). The lowest BCUT2D eigenvalue weighted by Gasteiger charge is -2.08. The molecule has 3 atom stereocenters. The molecule has 0 aromatic heterocycles. The molecule has 0 aliphatic heterocycles. The lowest BCUT2D eigenvalue weighted by atomic mass is 10.0. The van der Waals surface area contributed by atoms with E-state index in [1.807, 2.05) is 0 Å². The summed E-state index contributed by atoms with van der Waals surface area (Å²) in [6.45, 7) is 4.42. The molecule has 15 heavy (non-hydrogen) atoms. The van der Waals surface area contributed by atoms with Crippen LogP contribution in [0, 0.1) is 11.8 Å². The zero-order valence-electron chi connectivity index (χ0n) is 10.5. The SMILES string of the molecule is CCCCCCC1CC1CC(O)CCC. The molecule has 0 spiro atoms. The quantitative estimate of drug-likeness (QED) is 0.569. The van der Waals surface area contributed by atoms with Crippen LogP contribution in [0.3, 0.4) is 0 Å². The van der Waals surface area contributed by atoms with Gasteiger partial charge < -0.3 is 5.11 Å². The number of aliphatic hydroxyl groups excluding tert-OH is 1. The van der Waals surface area contributed by atoms with Gasteiger partial charge in [-0.2, -0.15) is 0 Å². The van der Waals surface area contributed by atoms with Crippen molar-refractivity contribution in [1.82, 2.24) is 0 Å². The molecular formula is C14H28O. The Kier molecular flexibility index (Phi) is 6.31. The van der Waals surface area contributed by atoms with Gasteiger partial charge in [0, 0.05) is 0 Å². The van der Waals surface area contributed by atoms with Crippen molar-refractivity contribution in [1.29, 1.82) is 0 Å². The molecule has 0 heterocycles. The first kappa shape index (κ1) is 13.0. The van der Waals surface area contributed by atoms with Gasteiger partial charge in [-0.3, -0.25) is 0 Å². The molecular weight excluding hydrogens is 184 g/mol. The number of hydrogen-bond acceptors (Lipinski definition) is 1. The van der Waals surface area contributed by atoms with E-state index in [9.17, 15) is 5.11 Å². The van der Waals surface area contributed by atoms with E-state index in [4.69, 9.17) is 0 Å². The van der Waals surface area contributed by atoms with Crippen molar-refractivity contribution in [3.05, 3.63) is 0 Å². The minimum Gasteiger partial charge on any atom is -0.393 e. The van der Waals surface area contributed by atoms with Crippen LogP contribution in [0.5, 0.6) is 0 Å². The second-order valence-corrected chi connectivity index (χ2v) is 5.28. The molecule has 0 saturated heterocycles. The van der Waals surface area contributed by atoms with Gasteiger partial charge in [-0.05, 0) is 31.1 Å². The molecule has 1 fully saturated rings. The molecule has 0 radical (unpaired) electrons. The van der Waals surface area contributed by atoms with E-state index in [1.54, 1.807) is 0 Å². The van der Waals surface area contributed by atoms with Crippen molar-refractivity contribution in [2.75, 3.05) is 0 Å². The topological polar surface area (TPSA) is 20.2 Å². The Morgan fingerprint density at radius 1 is 1.07 bits per heavy atom. The summed E-state index contributed by atoms with van der Waals surface area (Å²) in [5, 5.41) is 9.69. The normalized spacial score (nSPS) is 26.6. The summed E-state index contributed by atoms with van der Waals surface area (Å²) < 4.78 is 0. The molecule has 1 N–H and O–H groups in total. The highest BCUT2D eigenvalue weighted by atomic mass is 16.3. The van der Waals surface area contributed by atoms with Gasteiger partial charge in [0.15, 0.2) is 0 Å². The van der Waals surface area contributed by atoms with E-state index in [0.717, 1.165) is 31.1 Å². The zero-order chi connectivity index (χ0) is 11.1. The molecule has 1 aliphatic carbocycles. The zero-order valence-corrected chi connectivity index (χ0v) is 10.5. The second kappa shape index (κ2) is 7.27. The van der Waals surface area contributed by atoms with Gasteiger partial charge in [0.2, 0.25) is 0 Å².